The van der Waals surface area contributed by atoms with Crippen LogP contribution in [0.15, 0.2) is 30.7 Å². The number of pyridine rings is 1. The van der Waals surface area contributed by atoms with Crippen molar-refractivity contribution in [1.29, 1.82) is 0 Å². The van der Waals surface area contributed by atoms with Crippen LogP contribution in [0.3, 0.4) is 0 Å². The lowest BCUT2D eigenvalue weighted by Crippen LogP contribution is -2.10. The van der Waals surface area contributed by atoms with Crippen molar-refractivity contribution in [2.75, 3.05) is 0 Å². The Kier molecular flexibility index (Phi) is 16.5. The summed E-state index contributed by atoms with van der Waals surface area (Å²) in [5.41, 5.74) is 1.43. The van der Waals surface area contributed by atoms with Crippen LogP contribution in [0.25, 0.3) is 11.4 Å². The minimum absolute atomic E-state index is 0.388. The molecule has 0 aliphatic carbocycles. The third kappa shape index (κ3) is 12.9. The summed E-state index contributed by atoms with van der Waals surface area (Å²) in [4.78, 5) is 13.6. The van der Waals surface area contributed by atoms with Crippen LogP contribution < -0.4 is 8.85 Å². The molecule has 0 spiro atoms. The third-order valence-electron chi connectivity index (χ3n) is 7.54. The summed E-state index contributed by atoms with van der Waals surface area (Å²) in [6.45, 7) is 14.1. The zero-order valence-electron chi connectivity index (χ0n) is 24.8. The molecule has 0 bridgehead atoms. The van der Waals surface area contributed by atoms with E-state index >= 15 is 0 Å². The molecule has 4 unspecified atom stereocenters. The van der Waals surface area contributed by atoms with Crippen LogP contribution in [0, 0.1) is 23.7 Å². The molecule has 4 radical (unpaired) electrons. The Morgan fingerprint density at radius 2 is 1.50 bits per heavy atom. The first-order valence-electron chi connectivity index (χ1n) is 15.0. The van der Waals surface area contributed by atoms with Crippen LogP contribution in [0.2, 0.25) is 12.1 Å². The second-order valence-corrected chi connectivity index (χ2v) is 13.1. The maximum absolute atomic E-state index is 6.18. The van der Waals surface area contributed by atoms with Crippen LogP contribution in [0.1, 0.15) is 106 Å². The fourth-order valence-electron chi connectivity index (χ4n) is 4.52. The van der Waals surface area contributed by atoms with E-state index in [2.05, 4.69) is 51.5 Å². The molecular formula is C31H51N3O2Si2. The third-order valence-corrected chi connectivity index (χ3v) is 9.68. The Bertz CT molecular complexity index is 886. The highest BCUT2D eigenvalue weighted by Gasteiger charge is 2.14. The van der Waals surface area contributed by atoms with E-state index in [9.17, 15) is 0 Å². The minimum Gasteiger partial charge on any atom is -0.539 e. The summed E-state index contributed by atoms with van der Waals surface area (Å²) < 4.78 is 12.2. The summed E-state index contributed by atoms with van der Waals surface area (Å²) in [5.74, 6) is 4.40. The second-order valence-electron chi connectivity index (χ2n) is 11.2. The quantitative estimate of drug-likeness (QED) is 0.114. The zero-order valence-corrected chi connectivity index (χ0v) is 26.8. The molecular weight excluding hydrogens is 503 g/mol. The number of unbranched alkanes of at least 4 members (excludes halogenated alkanes) is 2. The Morgan fingerprint density at radius 3 is 2.26 bits per heavy atom. The van der Waals surface area contributed by atoms with Crippen molar-refractivity contribution in [1.82, 2.24) is 15.0 Å². The van der Waals surface area contributed by atoms with Gasteiger partial charge in [-0.2, -0.15) is 0 Å². The molecule has 38 heavy (non-hydrogen) atoms. The van der Waals surface area contributed by atoms with Gasteiger partial charge in [0.25, 0.3) is 0 Å². The lowest BCUT2D eigenvalue weighted by atomic mass is 9.88. The Balaban J connectivity index is 1.79. The van der Waals surface area contributed by atoms with Crippen molar-refractivity contribution in [3.05, 3.63) is 30.7 Å². The molecule has 2 rings (SSSR count). The van der Waals surface area contributed by atoms with Crippen molar-refractivity contribution < 1.29 is 8.85 Å². The minimum atomic E-state index is 0.388. The molecule has 4 atom stereocenters. The molecule has 0 aliphatic rings. The van der Waals surface area contributed by atoms with E-state index in [1.807, 2.05) is 12.1 Å². The van der Waals surface area contributed by atoms with Crippen LogP contribution in [-0.4, -0.2) is 34.5 Å². The van der Waals surface area contributed by atoms with E-state index < -0.39 is 0 Å². The van der Waals surface area contributed by atoms with E-state index in [0.29, 0.717) is 37.0 Å². The van der Waals surface area contributed by atoms with E-state index in [1.54, 1.807) is 18.6 Å². The predicted molar refractivity (Wildman–Crippen MR) is 162 cm³/mol. The summed E-state index contributed by atoms with van der Waals surface area (Å²) in [6, 6.07) is 6.03. The Morgan fingerprint density at radius 1 is 0.789 bits per heavy atom. The summed E-state index contributed by atoms with van der Waals surface area (Å²) in [7, 11) is 0.807. The first-order valence-corrected chi connectivity index (χ1v) is 17.2. The van der Waals surface area contributed by atoms with Gasteiger partial charge in [-0.05, 0) is 47.9 Å². The molecule has 0 saturated heterocycles. The zero-order chi connectivity index (χ0) is 27.6. The number of hydrogen-bond donors (Lipinski definition) is 0. The molecule has 0 fully saturated rings. The molecule has 0 aliphatic heterocycles. The van der Waals surface area contributed by atoms with Crippen molar-refractivity contribution >= 4 is 19.5 Å². The van der Waals surface area contributed by atoms with Crippen LogP contribution in [0.5, 0.6) is 11.6 Å². The molecule has 0 amide bonds. The highest BCUT2D eigenvalue weighted by atomic mass is 28.2. The van der Waals surface area contributed by atoms with Crippen molar-refractivity contribution in [2.24, 2.45) is 23.7 Å². The molecule has 7 heteroatoms. The second kappa shape index (κ2) is 19.3. The van der Waals surface area contributed by atoms with Crippen molar-refractivity contribution in [2.45, 2.75) is 118 Å². The summed E-state index contributed by atoms with van der Waals surface area (Å²) >= 11 is 0. The van der Waals surface area contributed by atoms with Gasteiger partial charge in [-0.3, -0.25) is 9.97 Å². The SMILES string of the molecule is CCCCC(C)CCC(C)C[Si]Oc1cncc(-c2ncccc2O[Si]CCCC(C)C(C)CCCC)n1. The lowest BCUT2D eigenvalue weighted by molar-refractivity contribution is 0.333. The highest BCUT2D eigenvalue weighted by Crippen LogP contribution is 2.27. The Hall–Kier alpha value is -1.74. The van der Waals surface area contributed by atoms with Crippen LogP contribution in [-0.2, 0) is 0 Å². The summed E-state index contributed by atoms with van der Waals surface area (Å²) in [6.07, 6.45) is 18.2. The van der Waals surface area contributed by atoms with E-state index in [-0.39, 0.29) is 0 Å². The molecule has 210 valence electrons. The highest BCUT2D eigenvalue weighted by molar-refractivity contribution is 6.28. The molecule has 2 heterocycles. The van der Waals surface area contributed by atoms with E-state index in [4.69, 9.17) is 13.8 Å². The maximum atomic E-state index is 6.18. The first-order chi connectivity index (χ1) is 18.4. The number of rotatable bonds is 21. The van der Waals surface area contributed by atoms with Gasteiger partial charge in [-0.25, -0.2) is 4.98 Å². The molecule has 5 nitrogen and oxygen atoms in total. The van der Waals surface area contributed by atoms with Gasteiger partial charge >= 0.3 is 19.5 Å². The average Bonchev–Trinajstić information content (AvgIpc) is 2.93. The lowest BCUT2D eigenvalue weighted by Gasteiger charge is -2.19. The predicted octanol–water partition coefficient (Wildman–Crippen LogP) is 8.86. The van der Waals surface area contributed by atoms with Crippen LogP contribution >= 0.6 is 0 Å². The van der Waals surface area contributed by atoms with Gasteiger partial charge < -0.3 is 8.85 Å². The smallest absolute Gasteiger partial charge is 0.313 e. The van der Waals surface area contributed by atoms with Gasteiger partial charge in [-0.15, -0.1) is 0 Å². The van der Waals surface area contributed by atoms with Crippen molar-refractivity contribution in [3.8, 4) is 23.0 Å². The van der Waals surface area contributed by atoms with Gasteiger partial charge in [0.15, 0.2) is 0 Å². The van der Waals surface area contributed by atoms with Crippen LogP contribution in [0.4, 0.5) is 0 Å². The number of aromatic nitrogens is 3. The fourth-order valence-corrected chi connectivity index (χ4v) is 6.11. The van der Waals surface area contributed by atoms with Gasteiger partial charge in [0, 0.05) is 6.20 Å². The molecule has 0 aromatic carbocycles. The number of nitrogens with zero attached hydrogens (tertiary/aromatic N) is 3. The molecule has 0 N–H and O–H groups in total. The van der Waals surface area contributed by atoms with Gasteiger partial charge in [0.1, 0.15) is 17.1 Å². The van der Waals surface area contributed by atoms with E-state index in [0.717, 1.165) is 41.3 Å². The topological polar surface area (TPSA) is 57.1 Å². The maximum Gasteiger partial charge on any atom is 0.313 e. The monoisotopic (exact) mass is 553 g/mol. The normalized spacial score (nSPS) is 14.6. The molecule has 2 aromatic heterocycles. The molecule has 2 aromatic rings. The van der Waals surface area contributed by atoms with Gasteiger partial charge in [0.05, 0.1) is 12.4 Å². The first kappa shape index (κ1) is 32.5. The fraction of sp³-hybridized carbons (Fsp3) is 0.710. The standard InChI is InChI=1S/C31H51N3O2Si2/c1-7-9-13-24(3)17-18-25(4)23-38-36-30-22-32-21-28(34-30)31-29(16-11-19-33-31)35-37-20-12-15-27(6)26(5)14-10-8-2/h11,16,19,21-22,24-27H,7-10,12-15,17-18,20,23H2,1-6H3. The summed E-state index contributed by atoms with van der Waals surface area (Å²) in [5, 5.41) is 0. The number of hydrogen-bond acceptors (Lipinski definition) is 5. The average molecular weight is 554 g/mol. The van der Waals surface area contributed by atoms with Gasteiger partial charge in [0.2, 0.25) is 5.88 Å². The van der Waals surface area contributed by atoms with Gasteiger partial charge in [-0.1, -0.05) is 106 Å². The van der Waals surface area contributed by atoms with E-state index in [1.165, 1.54) is 64.2 Å². The largest absolute Gasteiger partial charge is 0.539 e. The molecule has 0 saturated carbocycles. The van der Waals surface area contributed by atoms with Crippen molar-refractivity contribution in [3.63, 3.8) is 0 Å². The Labute approximate surface area is 238 Å².